The van der Waals surface area contributed by atoms with Gasteiger partial charge in [0.15, 0.2) is 0 Å². The van der Waals surface area contributed by atoms with Gasteiger partial charge in [-0.05, 0) is 43.7 Å². The molecule has 0 atom stereocenters. The van der Waals surface area contributed by atoms with Gasteiger partial charge in [0.25, 0.3) is 5.91 Å². The zero-order chi connectivity index (χ0) is 19.3. The molecule has 0 aliphatic heterocycles. The molecule has 0 unspecified atom stereocenters. The maximum atomic E-state index is 12.4. The van der Waals surface area contributed by atoms with Crippen molar-refractivity contribution >= 4 is 28.7 Å². The minimum atomic E-state index is -1.17. The first kappa shape index (κ1) is 19.2. The molecule has 0 fully saturated rings. The molecular formula is C19H22N2O5. The first-order valence-corrected chi connectivity index (χ1v) is 8.18. The van der Waals surface area contributed by atoms with Gasteiger partial charge in [0.1, 0.15) is 5.60 Å². The van der Waals surface area contributed by atoms with Crippen LogP contribution in [0.25, 0.3) is 10.8 Å². The van der Waals surface area contributed by atoms with E-state index in [0.717, 1.165) is 10.8 Å². The van der Waals surface area contributed by atoms with Crippen LogP contribution < -0.4 is 10.6 Å². The molecule has 2 amide bonds. The Morgan fingerprint density at radius 1 is 0.962 bits per heavy atom. The average Bonchev–Trinajstić information content (AvgIpc) is 2.55. The molecule has 0 aromatic heterocycles. The van der Waals surface area contributed by atoms with Crippen molar-refractivity contribution in [1.82, 2.24) is 10.6 Å². The van der Waals surface area contributed by atoms with E-state index in [0.29, 0.717) is 0 Å². The van der Waals surface area contributed by atoms with Gasteiger partial charge in [0.2, 0.25) is 0 Å². The van der Waals surface area contributed by atoms with E-state index in [1.165, 1.54) is 6.07 Å². The molecule has 0 saturated carbocycles. The van der Waals surface area contributed by atoms with Gasteiger partial charge in [-0.2, -0.15) is 0 Å². The van der Waals surface area contributed by atoms with Gasteiger partial charge in [-0.1, -0.05) is 24.3 Å². The largest absolute Gasteiger partial charge is 0.478 e. The van der Waals surface area contributed by atoms with Gasteiger partial charge in [-0.15, -0.1) is 0 Å². The van der Waals surface area contributed by atoms with E-state index in [4.69, 9.17) is 4.74 Å². The second-order valence-electron chi connectivity index (χ2n) is 6.73. The van der Waals surface area contributed by atoms with Gasteiger partial charge < -0.3 is 20.5 Å². The van der Waals surface area contributed by atoms with Crippen molar-refractivity contribution in [3.63, 3.8) is 0 Å². The van der Waals surface area contributed by atoms with Crippen molar-refractivity contribution in [3.05, 3.63) is 47.5 Å². The molecule has 2 rings (SSSR count). The van der Waals surface area contributed by atoms with Crippen molar-refractivity contribution < 1.29 is 24.2 Å². The molecule has 2 aromatic rings. The Balaban J connectivity index is 2.02. The highest BCUT2D eigenvalue weighted by atomic mass is 16.6. The Bertz CT molecular complexity index is 839. The number of carboxylic acids is 1. The summed E-state index contributed by atoms with van der Waals surface area (Å²) in [5, 5.41) is 16.0. The van der Waals surface area contributed by atoms with Crippen molar-refractivity contribution in [2.24, 2.45) is 0 Å². The predicted molar refractivity (Wildman–Crippen MR) is 97.5 cm³/mol. The van der Waals surface area contributed by atoms with Gasteiger partial charge >= 0.3 is 12.1 Å². The molecular weight excluding hydrogens is 336 g/mol. The molecule has 0 radical (unpaired) electrons. The number of alkyl carbamates (subject to hydrolysis) is 1. The molecule has 0 aliphatic carbocycles. The summed E-state index contributed by atoms with van der Waals surface area (Å²) in [6, 6.07) is 10.2. The van der Waals surface area contributed by atoms with Crippen molar-refractivity contribution in [2.45, 2.75) is 26.4 Å². The fourth-order valence-corrected chi connectivity index (χ4v) is 2.36. The average molecular weight is 358 g/mol. The SMILES string of the molecule is CC(C)(C)OC(=O)NCCNC(=O)c1cc2ccccc2cc1C(=O)O. The lowest BCUT2D eigenvalue weighted by Crippen LogP contribution is -2.38. The fraction of sp³-hybridized carbons (Fsp3) is 0.316. The van der Waals surface area contributed by atoms with Crippen LogP contribution in [-0.2, 0) is 4.74 Å². The Kier molecular flexibility index (Phi) is 5.82. The minimum Gasteiger partial charge on any atom is -0.478 e. The molecule has 138 valence electrons. The Hall–Kier alpha value is -3.09. The lowest BCUT2D eigenvalue weighted by atomic mass is 10.0. The van der Waals surface area contributed by atoms with Crippen LogP contribution in [-0.4, -0.2) is 41.8 Å². The van der Waals surface area contributed by atoms with Gasteiger partial charge in [-0.25, -0.2) is 9.59 Å². The Morgan fingerprint density at radius 3 is 2.04 bits per heavy atom. The van der Waals surface area contributed by atoms with E-state index in [1.54, 1.807) is 39.0 Å². The normalized spacial score (nSPS) is 11.0. The van der Waals surface area contributed by atoms with Crippen LogP contribution in [0, 0.1) is 0 Å². The summed E-state index contributed by atoms with van der Waals surface area (Å²) < 4.78 is 5.09. The molecule has 3 N–H and O–H groups in total. The predicted octanol–water partition coefficient (Wildman–Crippen LogP) is 2.79. The molecule has 26 heavy (non-hydrogen) atoms. The third kappa shape index (κ3) is 5.20. The number of aromatic carboxylic acids is 1. The quantitative estimate of drug-likeness (QED) is 0.713. The summed E-state index contributed by atoms with van der Waals surface area (Å²) in [6.07, 6.45) is -0.580. The van der Waals surface area contributed by atoms with Gasteiger partial charge in [0.05, 0.1) is 11.1 Å². The number of carboxylic acid groups (broad SMARTS) is 1. The smallest absolute Gasteiger partial charge is 0.407 e. The highest BCUT2D eigenvalue weighted by Gasteiger charge is 2.18. The molecule has 0 bridgehead atoms. The van der Waals surface area contributed by atoms with Crippen LogP contribution in [0.4, 0.5) is 4.79 Å². The monoisotopic (exact) mass is 358 g/mol. The second-order valence-corrected chi connectivity index (χ2v) is 6.73. The first-order chi connectivity index (χ1) is 12.2. The van der Waals surface area contributed by atoms with Crippen LogP contribution in [0.3, 0.4) is 0 Å². The first-order valence-electron chi connectivity index (χ1n) is 8.18. The lowest BCUT2D eigenvalue weighted by molar-refractivity contribution is 0.0526. The summed E-state index contributed by atoms with van der Waals surface area (Å²) in [4.78, 5) is 35.4. The van der Waals surface area contributed by atoms with Gasteiger partial charge in [0, 0.05) is 13.1 Å². The van der Waals surface area contributed by atoms with Crippen LogP contribution in [0.1, 0.15) is 41.5 Å². The van der Waals surface area contributed by atoms with Crippen LogP contribution in [0.5, 0.6) is 0 Å². The zero-order valence-corrected chi connectivity index (χ0v) is 15.0. The number of carbonyl (C=O) groups is 3. The number of benzene rings is 2. The maximum Gasteiger partial charge on any atom is 0.407 e. The van der Waals surface area contributed by atoms with Crippen molar-refractivity contribution in [1.29, 1.82) is 0 Å². The summed E-state index contributed by atoms with van der Waals surface area (Å²) in [5.41, 5.74) is -0.593. The number of ether oxygens (including phenoxy) is 1. The number of hydrogen-bond acceptors (Lipinski definition) is 4. The van der Waals surface area contributed by atoms with E-state index >= 15 is 0 Å². The van der Waals surface area contributed by atoms with Crippen LogP contribution >= 0.6 is 0 Å². The third-order valence-corrected chi connectivity index (χ3v) is 3.44. The number of carbonyl (C=O) groups excluding carboxylic acids is 2. The molecule has 7 heteroatoms. The summed E-state index contributed by atoms with van der Waals surface area (Å²) in [7, 11) is 0. The van der Waals surface area contributed by atoms with Crippen molar-refractivity contribution in [3.8, 4) is 0 Å². The van der Waals surface area contributed by atoms with E-state index in [-0.39, 0.29) is 24.2 Å². The van der Waals surface area contributed by atoms with Crippen molar-refractivity contribution in [2.75, 3.05) is 13.1 Å². The van der Waals surface area contributed by atoms with Gasteiger partial charge in [-0.3, -0.25) is 4.79 Å². The molecule has 0 aliphatic rings. The standard InChI is InChI=1S/C19H22N2O5/c1-19(2,3)26-18(25)21-9-8-20-16(22)14-10-12-6-4-5-7-13(12)11-15(14)17(23)24/h4-7,10-11H,8-9H2,1-3H3,(H,20,22)(H,21,25)(H,23,24). The minimum absolute atomic E-state index is 0.0682. The fourth-order valence-electron chi connectivity index (χ4n) is 2.36. The zero-order valence-electron chi connectivity index (χ0n) is 15.0. The number of hydrogen-bond donors (Lipinski definition) is 3. The maximum absolute atomic E-state index is 12.4. The lowest BCUT2D eigenvalue weighted by Gasteiger charge is -2.19. The van der Waals surface area contributed by atoms with E-state index in [1.807, 2.05) is 12.1 Å². The van der Waals surface area contributed by atoms with Crippen LogP contribution in [0.2, 0.25) is 0 Å². The Labute approximate surface area is 151 Å². The number of nitrogens with one attached hydrogen (secondary N) is 2. The van der Waals surface area contributed by atoms with E-state index in [9.17, 15) is 19.5 Å². The highest BCUT2D eigenvalue weighted by Crippen LogP contribution is 2.20. The van der Waals surface area contributed by atoms with E-state index in [2.05, 4.69) is 10.6 Å². The number of amides is 2. The molecule has 0 saturated heterocycles. The topological polar surface area (TPSA) is 105 Å². The molecule has 2 aromatic carbocycles. The van der Waals surface area contributed by atoms with E-state index < -0.39 is 23.6 Å². The summed E-state index contributed by atoms with van der Waals surface area (Å²) in [6.45, 7) is 5.56. The highest BCUT2D eigenvalue weighted by molar-refractivity contribution is 6.08. The number of rotatable bonds is 5. The van der Waals surface area contributed by atoms with Crippen LogP contribution in [0.15, 0.2) is 36.4 Å². The molecule has 0 spiro atoms. The molecule has 7 nitrogen and oxygen atoms in total. The third-order valence-electron chi connectivity index (χ3n) is 3.44. The summed E-state index contributed by atoms with van der Waals surface area (Å²) >= 11 is 0. The molecule has 0 heterocycles. The number of fused-ring (bicyclic) bond motifs is 1. The summed E-state index contributed by atoms with van der Waals surface area (Å²) in [5.74, 6) is -1.69. The Morgan fingerprint density at radius 2 is 1.50 bits per heavy atom. The second kappa shape index (κ2) is 7.86.